The molecule has 1 amide bonds. The van der Waals surface area contributed by atoms with Crippen LogP contribution in [0.4, 0.5) is 5.69 Å². The Hall–Kier alpha value is -3.63. The van der Waals surface area contributed by atoms with Crippen LogP contribution < -0.4 is 5.32 Å². The number of para-hydroxylation sites is 2. The van der Waals surface area contributed by atoms with Gasteiger partial charge in [0.25, 0.3) is 0 Å². The summed E-state index contributed by atoms with van der Waals surface area (Å²) in [5, 5.41) is 5.76. The fourth-order valence-corrected chi connectivity index (χ4v) is 4.43. The van der Waals surface area contributed by atoms with Gasteiger partial charge in [-0.1, -0.05) is 59.6 Å². The monoisotopic (exact) mass is 453 g/mol. The summed E-state index contributed by atoms with van der Waals surface area (Å²) in [6.07, 6.45) is 1.90. The third-order valence-electron chi connectivity index (χ3n) is 5.89. The lowest BCUT2D eigenvalue weighted by atomic mass is 10.0. The molecule has 164 valence electrons. The number of pyridine rings is 1. The first-order valence-electron chi connectivity index (χ1n) is 11.1. The molecular weight excluding hydrogens is 430 g/mol. The molecule has 3 aromatic carbocycles. The highest BCUT2D eigenvalue weighted by Crippen LogP contribution is 2.32. The number of carbonyl (C=O) groups is 1. The van der Waals surface area contributed by atoms with Crippen LogP contribution in [0, 0.1) is 6.92 Å². The molecule has 4 nitrogen and oxygen atoms in total. The van der Waals surface area contributed by atoms with Gasteiger partial charge in [-0.05, 0) is 61.7 Å². The summed E-state index contributed by atoms with van der Waals surface area (Å²) in [7, 11) is 0. The number of nitrogens with zero attached hydrogens (tertiary/aromatic N) is 1. The lowest BCUT2D eigenvalue weighted by Gasteiger charge is -2.08. The average molecular weight is 454 g/mol. The number of aryl methyl sites for hydroxylation is 2. The van der Waals surface area contributed by atoms with E-state index in [9.17, 15) is 4.79 Å². The van der Waals surface area contributed by atoms with E-state index in [1.807, 2.05) is 36.4 Å². The number of fused-ring (bicyclic) bond motifs is 2. The molecule has 2 heterocycles. The van der Waals surface area contributed by atoms with Gasteiger partial charge in [0.2, 0.25) is 5.91 Å². The highest BCUT2D eigenvalue weighted by atomic mass is 35.5. The number of aromatic amines is 1. The predicted molar refractivity (Wildman–Crippen MR) is 137 cm³/mol. The van der Waals surface area contributed by atoms with Crippen molar-refractivity contribution in [3.63, 3.8) is 0 Å². The van der Waals surface area contributed by atoms with Crippen molar-refractivity contribution in [1.82, 2.24) is 9.97 Å². The van der Waals surface area contributed by atoms with Crippen LogP contribution in [0.5, 0.6) is 0 Å². The SMILES string of the molecule is Cc1ccc2[nH]c(-c3ccc4ccccc4n3)c(CCCC(=O)Nc3ccccc3Cl)c2c1. The molecule has 0 saturated carbocycles. The van der Waals surface area contributed by atoms with Gasteiger partial charge in [0.05, 0.1) is 27.6 Å². The number of amides is 1. The molecule has 5 aromatic rings. The van der Waals surface area contributed by atoms with Gasteiger partial charge in [-0.25, -0.2) is 4.98 Å². The number of anilines is 1. The number of benzene rings is 3. The summed E-state index contributed by atoms with van der Waals surface area (Å²) in [5.41, 5.74) is 7.04. The minimum Gasteiger partial charge on any atom is -0.353 e. The van der Waals surface area contributed by atoms with Gasteiger partial charge in [-0.15, -0.1) is 0 Å². The van der Waals surface area contributed by atoms with Crippen molar-refractivity contribution < 1.29 is 4.79 Å². The molecule has 0 aliphatic heterocycles. The number of halogens is 1. The summed E-state index contributed by atoms with van der Waals surface area (Å²) < 4.78 is 0. The lowest BCUT2D eigenvalue weighted by molar-refractivity contribution is -0.116. The predicted octanol–water partition coefficient (Wildman–Crippen LogP) is 7.31. The molecule has 0 spiro atoms. The molecule has 33 heavy (non-hydrogen) atoms. The molecular formula is C28H24ClN3O. The molecule has 0 atom stereocenters. The van der Waals surface area contributed by atoms with Crippen LogP contribution in [0.2, 0.25) is 5.02 Å². The topological polar surface area (TPSA) is 57.8 Å². The standard InChI is InChI=1S/C28H24ClN3O/c1-18-13-15-24-21(17-18)20(8-6-12-27(33)31-25-11-5-3-9-22(25)29)28(32-24)26-16-14-19-7-2-4-10-23(19)30-26/h2-5,7,9-11,13-17,32H,6,8,12H2,1H3,(H,31,33). The van der Waals surface area contributed by atoms with Crippen molar-refractivity contribution in [2.45, 2.75) is 26.2 Å². The highest BCUT2D eigenvalue weighted by Gasteiger charge is 2.16. The highest BCUT2D eigenvalue weighted by molar-refractivity contribution is 6.33. The van der Waals surface area contributed by atoms with E-state index >= 15 is 0 Å². The molecule has 0 aliphatic carbocycles. The number of rotatable bonds is 6. The van der Waals surface area contributed by atoms with Crippen molar-refractivity contribution in [2.24, 2.45) is 0 Å². The Labute approximate surface area is 197 Å². The molecule has 5 rings (SSSR count). The van der Waals surface area contributed by atoms with E-state index in [1.165, 1.54) is 16.5 Å². The molecule has 0 fully saturated rings. The lowest BCUT2D eigenvalue weighted by Crippen LogP contribution is -2.11. The maximum absolute atomic E-state index is 12.5. The Balaban J connectivity index is 1.42. The van der Waals surface area contributed by atoms with Gasteiger partial charge in [-0.2, -0.15) is 0 Å². The number of hydrogen-bond acceptors (Lipinski definition) is 2. The minimum atomic E-state index is -0.0375. The Bertz CT molecular complexity index is 1470. The third-order valence-corrected chi connectivity index (χ3v) is 6.22. The number of hydrogen-bond donors (Lipinski definition) is 2. The third kappa shape index (κ3) is 4.48. The molecule has 2 N–H and O–H groups in total. The van der Waals surface area contributed by atoms with Gasteiger partial charge >= 0.3 is 0 Å². The van der Waals surface area contributed by atoms with Crippen LogP contribution in [-0.4, -0.2) is 15.9 Å². The summed E-state index contributed by atoms with van der Waals surface area (Å²) in [5.74, 6) is -0.0375. The van der Waals surface area contributed by atoms with Gasteiger partial charge in [0, 0.05) is 22.7 Å². The zero-order valence-corrected chi connectivity index (χ0v) is 19.1. The van der Waals surface area contributed by atoms with Crippen LogP contribution >= 0.6 is 11.6 Å². The van der Waals surface area contributed by atoms with Gasteiger partial charge in [-0.3, -0.25) is 4.79 Å². The van der Waals surface area contributed by atoms with E-state index in [-0.39, 0.29) is 5.91 Å². The van der Waals surface area contributed by atoms with E-state index in [2.05, 4.69) is 53.6 Å². The summed E-state index contributed by atoms with van der Waals surface area (Å²) in [4.78, 5) is 21.0. The second-order valence-corrected chi connectivity index (χ2v) is 8.71. The fourth-order valence-electron chi connectivity index (χ4n) is 4.25. The molecule has 0 saturated heterocycles. The van der Waals surface area contributed by atoms with Crippen molar-refractivity contribution in [3.05, 3.63) is 95.0 Å². The maximum Gasteiger partial charge on any atom is 0.224 e. The molecule has 0 unspecified atom stereocenters. The van der Waals surface area contributed by atoms with Crippen LogP contribution in [-0.2, 0) is 11.2 Å². The molecule has 0 aliphatic rings. The van der Waals surface area contributed by atoms with Crippen LogP contribution in [0.3, 0.4) is 0 Å². The minimum absolute atomic E-state index is 0.0375. The second kappa shape index (κ2) is 9.08. The summed E-state index contributed by atoms with van der Waals surface area (Å²) in [6, 6.07) is 26.0. The zero-order chi connectivity index (χ0) is 22.8. The second-order valence-electron chi connectivity index (χ2n) is 8.30. The van der Waals surface area contributed by atoms with Gasteiger partial charge in [0.15, 0.2) is 0 Å². The normalized spacial score (nSPS) is 11.2. The Morgan fingerprint density at radius 1 is 1.00 bits per heavy atom. The smallest absolute Gasteiger partial charge is 0.224 e. The first-order valence-corrected chi connectivity index (χ1v) is 11.5. The number of nitrogens with one attached hydrogen (secondary N) is 2. The van der Waals surface area contributed by atoms with E-state index < -0.39 is 0 Å². The Morgan fingerprint density at radius 3 is 2.70 bits per heavy atom. The van der Waals surface area contributed by atoms with Crippen molar-refractivity contribution in [3.8, 4) is 11.4 Å². The molecule has 5 heteroatoms. The molecule has 0 bridgehead atoms. The molecule has 2 aromatic heterocycles. The van der Waals surface area contributed by atoms with Gasteiger partial charge < -0.3 is 10.3 Å². The zero-order valence-electron chi connectivity index (χ0n) is 18.4. The van der Waals surface area contributed by atoms with Crippen molar-refractivity contribution in [2.75, 3.05) is 5.32 Å². The Morgan fingerprint density at radius 2 is 1.82 bits per heavy atom. The largest absolute Gasteiger partial charge is 0.353 e. The number of aromatic nitrogens is 2. The first kappa shape index (κ1) is 21.2. The average Bonchev–Trinajstić information content (AvgIpc) is 3.18. The fraction of sp³-hybridized carbons (Fsp3) is 0.143. The number of H-pyrrole nitrogens is 1. The van der Waals surface area contributed by atoms with E-state index in [0.717, 1.165) is 40.6 Å². The van der Waals surface area contributed by atoms with Crippen molar-refractivity contribution >= 4 is 45.0 Å². The van der Waals surface area contributed by atoms with Crippen LogP contribution in [0.25, 0.3) is 33.2 Å². The summed E-state index contributed by atoms with van der Waals surface area (Å²) in [6.45, 7) is 2.10. The maximum atomic E-state index is 12.5. The quantitative estimate of drug-likeness (QED) is 0.283. The van der Waals surface area contributed by atoms with E-state index in [1.54, 1.807) is 6.07 Å². The number of carbonyl (C=O) groups excluding carboxylic acids is 1. The molecule has 0 radical (unpaired) electrons. The van der Waals surface area contributed by atoms with Gasteiger partial charge in [0.1, 0.15) is 0 Å². The van der Waals surface area contributed by atoms with Crippen LogP contribution in [0.15, 0.2) is 78.9 Å². The summed E-state index contributed by atoms with van der Waals surface area (Å²) >= 11 is 6.17. The van der Waals surface area contributed by atoms with Crippen molar-refractivity contribution in [1.29, 1.82) is 0 Å². The van der Waals surface area contributed by atoms with E-state index in [4.69, 9.17) is 16.6 Å². The van der Waals surface area contributed by atoms with E-state index in [0.29, 0.717) is 17.1 Å². The Kier molecular flexibility index (Phi) is 5.84. The van der Waals surface area contributed by atoms with Crippen LogP contribution in [0.1, 0.15) is 24.0 Å². The first-order chi connectivity index (χ1) is 16.1.